The third-order valence-corrected chi connectivity index (χ3v) is 3.67. The Balaban J connectivity index is 1.82. The van der Waals surface area contributed by atoms with Gasteiger partial charge in [-0.2, -0.15) is 5.26 Å². The predicted molar refractivity (Wildman–Crippen MR) is 78.0 cm³/mol. The maximum Gasteiger partial charge on any atom is 0.161 e. The van der Waals surface area contributed by atoms with Crippen molar-refractivity contribution in [2.24, 2.45) is 5.92 Å². The van der Waals surface area contributed by atoms with Gasteiger partial charge in [0.05, 0.1) is 19.1 Å². The highest BCUT2D eigenvalue weighted by atomic mass is 16.5. The number of aryl methyl sites for hydroxylation is 1. The van der Waals surface area contributed by atoms with Gasteiger partial charge in [0.25, 0.3) is 0 Å². The summed E-state index contributed by atoms with van der Waals surface area (Å²) in [6.45, 7) is 5.44. The Labute approximate surface area is 120 Å². The number of likely N-dealkylation sites (tertiary alicyclic amines) is 1. The molecule has 1 fully saturated rings. The van der Waals surface area contributed by atoms with Gasteiger partial charge in [-0.3, -0.25) is 4.90 Å². The first-order chi connectivity index (χ1) is 9.72. The van der Waals surface area contributed by atoms with Crippen LogP contribution in [0.25, 0.3) is 0 Å². The van der Waals surface area contributed by atoms with Gasteiger partial charge in [0.2, 0.25) is 0 Å². The second-order valence-corrected chi connectivity index (χ2v) is 5.27. The highest BCUT2D eigenvalue weighted by Crippen LogP contribution is 2.27. The quantitative estimate of drug-likeness (QED) is 0.828. The highest BCUT2D eigenvalue weighted by molar-refractivity contribution is 5.42. The molecular formula is C16H22N2O2. The maximum absolute atomic E-state index is 8.98. The Bertz CT molecular complexity index is 482. The number of hydrogen-bond donors (Lipinski definition) is 0. The van der Waals surface area contributed by atoms with E-state index in [2.05, 4.69) is 11.0 Å². The summed E-state index contributed by atoms with van der Waals surface area (Å²) in [7, 11) is 1.66. The van der Waals surface area contributed by atoms with E-state index in [4.69, 9.17) is 14.7 Å². The average Bonchev–Trinajstić information content (AvgIpc) is 2.49. The summed E-state index contributed by atoms with van der Waals surface area (Å²) in [5, 5.41) is 8.98. The van der Waals surface area contributed by atoms with E-state index in [-0.39, 0.29) is 5.92 Å². The molecule has 0 radical (unpaired) electrons. The molecule has 108 valence electrons. The molecule has 0 saturated carbocycles. The Morgan fingerprint density at radius 1 is 1.40 bits per heavy atom. The first-order valence-electron chi connectivity index (χ1n) is 7.12. The van der Waals surface area contributed by atoms with Crippen molar-refractivity contribution in [2.45, 2.75) is 19.8 Å². The van der Waals surface area contributed by atoms with Crippen LogP contribution in [0.1, 0.15) is 18.4 Å². The molecule has 0 spiro atoms. The molecule has 1 atom stereocenters. The lowest BCUT2D eigenvalue weighted by Crippen LogP contribution is -2.37. The number of methoxy groups -OCH3 is 1. The number of hydrogen-bond acceptors (Lipinski definition) is 4. The molecule has 0 N–H and O–H groups in total. The Hall–Kier alpha value is -1.73. The summed E-state index contributed by atoms with van der Waals surface area (Å²) in [4.78, 5) is 2.30. The lowest BCUT2D eigenvalue weighted by molar-refractivity contribution is 0.162. The number of ether oxygens (including phenoxy) is 2. The molecule has 1 aromatic carbocycles. The Morgan fingerprint density at radius 2 is 2.25 bits per heavy atom. The molecule has 1 heterocycles. The van der Waals surface area contributed by atoms with Gasteiger partial charge in [0.1, 0.15) is 6.61 Å². The molecule has 4 heteroatoms. The van der Waals surface area contributed by atoms with Gasteiger partial charge in [0, 0.05) is 13.1 Å². The molecule has 1 aliphatic heterocycles. The fraction of sp³-hybridized carbons (Fsp3) is 0.562. The van der Waals surface area contributed by atoms with Crippen LogP contribution in [0.3, 0.4) is 0 Å². The van der Waals surface area contributed by atoms with Crippen LogP contribution in [0.2, 0.25) is 0 Å². The molecule has 0 aromatic heterocycles. The largest absolute Gasteiger partial charge is 0.493 e. The van der Waals surface area contributed by atoms with Crippen molar-refractivity contribution in [1.82, 2.24) is 4.90 Å². The van der Waals surface area contributed by atoms with Gasteiger partial charge in [-0.25, -0.2) is 0 Å². The number of piperidine rings is 1. The zero-order chi connectivity index (χ0) is 14.4. The molecule has 1 aliphatic rings. The molecule has 1 unspecified atom stereocenters. The van der Waals surface area contributed by atoms with Crippen LogP contribution in [0.5, 0.6) is 11.5 Å². The van der Waals surface area contributed by atoms with Crippen LogP contribution >= 0.6 is 0 Å². The minimum absolute atomic E-state index is 0.178. The van der Waals surface area contributed by atoms with Crippen LogP contribution in [0.15, 0.2) is 18.2 Å². The normalized spacial score (nSPS) is 19.4. The molecule has 0 bridgehead atoms. The Morgan fingerprint density at radius 3 is 3.00 bits per heavy atom. The minimum atomic E-state index is 0.178. The molecule has 1 saturated heterocycles. The predicted octanol–water partition coefficient (Wildman–Crippen LogP) is 2.62. The number of nitriles is 1. The molecule has 0 amide bonds. The first-order valence-corrected chi connectivity index (χ1v) is 7.12. The summed E-state index contributed by atoms with van der Waals surface area (Å²) in [6, 6.07) is 8.30. The smallest absolute Gasteiger partial charge is 0.161 e. The molecular weight excluding hydrogens is 252 g/mol. The van der Waals surface area contributed by atoms with E-state index < -0.39 is 0 Å². The van der Waals surface area contributed by atoms with E-state index in [1.54, 1.807) is 7.11 Å². The third-order valence-electron chi connectivity index (χ3n) is 3.67. The van der Waals surface area contributed by atoms with E-state index in [9.17, 15) is 0 Å². The number of nitrogens with zero attached hydrogens (tertiary/aromatic N) is 2. The van der Waals surface area contributed by atoms with E-state index >= 15 is 0 Å². The SMILES string of the molecule is COc1cc(C)ccc1OCCN1CCCC(C#N)C1. The minimum Gasteiger partial charge on any atom is -0.493 e. The standard InChI is InChI=1S/C16H22N2O2/c1-13-5-6-15(16(10-13)19-2)20-9-8-18-7-3-4-14(11-17)12-18/h5-6,10,14H,3-4,7-9,12H2,1-2H3. The van der Waals surface area contributed by atoms with Crippen molar-refractivity contribution in [3.63, 3.8) is 0 Å². The van der Waals surface area contributed by atoms with Gasteiger partial charge in [-0.05, 0) is 44.0 Å². The number of benzene rings is 1. The van der Waals surface area contributed by atoms with Gasteiger partial charge < -0.3 is 9.47 Å². The maximum atomic E-state index is 8.98. The second kappa shape index (κ2) is 7.16. The zero-order valence-corrected chi connectivity index (χ0v) is 12.3. The molecule has 2 rings (SSSR count). The summed E-state index contributed by atoms with van der Waals surface area (Å²) >= 11 is 0. The van der Waals surface area contributed by atoms with Gasteiger partial charge in [-0.15, -0.1) is 0 Å². The molecule has 1 aromatic rings. The lowest BCUT2D eigenvalue weighted by atomic mass is 10.00. The van der Waals surface area contributed by atoms with Crippen molar-refractivity contribution in [3.05, 3.63) is 23.8 Å². The fourth-order valence-corrected chi connectivity index (χ4v) is 2.54. The summed E-state index contributed by atoms with van der Waals surface area (Å²) < 4.78 is 11.1. The highest BCUT2D eigenvalue weighted by Gasteiger charge is 2.19. The molecule has 4 nitrogen and oxygen atoms in total. The number of rotatable bonds is 5. The van der Waals surface area contributed by atoms with Crippen LogP contribution in [-0.2, 0) is 0 Å². The van der Waals surface area contributed by atoms with E-state index in [1.807, 2.05) is 25.1 Å². The van der Waals surface area contributed by atoms with Crippen molar-refractivity contribution in [1.29, 1.82) is 5.26 Å². The monoisotopic (exact) mass is 274 g/mol. The zero-order valence-electron chi connectivity index (χ0n) is 12.3. The molecule has 0 aliphatic carbocycles. The van der Waals surface area contributed by atoms with E-state index in [0.717, 1.165) is 49.5 Å². The summed E-state index contributed by atoms with van der Waals surface area (Å²) in [5.41, 5.74) is 1.15. The van der Waals surface area contributed by atoms with Gasteiger partial charge in [-0.1, -0.05) is 6.07 Å². The van der Waals surface area contributed by atoms with E-state index in [0.29, 0.717) is 6.61 Å². The van der Waals surface area contributed by atoms with Crippen LogP contribution < -0.4 is 9.47 Å². The van der Waals surface area contributed by atoms with Crippen LogP contribution in [-0.4, -0.2) is 38.3 Å². The third kappa shape index (κ3) is 3.88. The van der Waals surface area contributed by atoms with Crippen molar-refractivity contribution in [2.75, 3.05) is 33.4 Å². The van der Waals surface area contributed by atoms with Crippen molar-refractivity contribution in [3.8, 4) is 17.6 Å². The lowest BCUT2D eigenvalue weighted by Gasteiger charge is -2.29. The van der Waals surface area contributed by atoms with Crippen molar-refractivity contribution < 1.29 is 9.47 Å². The van der Waals surface area contributed by atoms with Gasteiger partial charge >= 0.3 is 0 Å². The van der Waals surface area contributed by atoms with Crippen molar-refractivity contribution >= 4 is 0 Å². The van der Waals surface area contributed by atoms with E-state index in [1.165, 1.54) is 0 Å². The first kappa shape index (κ1) is 14.7. The topological polar surface area (TPSA) is 45.5 Å². The Kier molecular flexibility index (Phi) is 5.25. The average molecular weight is 274 g/mol. The second-order valence-electron chi connectivity index (χ2n) is 5.27. The fourth-order valence-electron chi connectivity index (χ4n) is 2.54. The van der Waals surface area contributed by atoms with Crippen LogP contribution in [0.4, 0.5) is 0 Å². The molecule has 20 heavy (non-hydrogen) atoms. The van der Waals surface area contributed by atoms with Crippen LogP contribution in [0, 0.1) is 24.2 Å². The van der Waals surface area contributed by atoms with Gasteiger partial charge in [0.15, 0.2) is 11.5 Å². The summed E-state index contributed by atoms with van der Waals surface area (Å²) in [6.07, 6.45) is 2.13. The summed E-state index contributed by atoms with van der Waals surface area (Å²) in [5.74, 6) is 1.74.